The predicted octanol–water partition coefficient (Wildman–Crippen LogP) is 0.679. The number of hydrogen-bond donors (Lipinski definition) is 3. The van der Waals surface area contributed by atoms with E-state index < -0.39 is 17.9 Å². The van der Waals surface area contributed by atoms with Crippen molar-refractivity contribution < 1.29 is 14.7 Å². The molecule has 0 aliphatic rings. The molecule has 0 aliphatic carbocycles. The van der Waals surface area contributed by atoms with Gasteiger partial charge in [-0.1, -0.05) is 11.6 Å². The first-order valence-electron chi connectivity index (χ1n) is 4.62. The van der Waals surface area contributed by atoms with Crippen molar-refractivity contribution in [3.63, 3.8) is 0 Å². The number of aliphatic hydroxyl groups is 1. The van der Waals surface area contributed by atoms with Gasteiger partial charge in [0.05, 0.1) is 11.6 Å². The average molecular weight is 322 g/mol. The van der Waals surface area contributed by atoms with Crippen molar-refractivity contribution in [1.82, 2.24) is 5.32 Å². The van der Waals surface area contributed by atoms with Crippen LogP contribution >= 0.6 is 27.5 Å². The predicted molar refractivity (Wildman–Crippen MR) is 66.7 cm³/mol. The van der Waals surface area contributed by atoms with E-state index >= 15 is 0 Å². The minimum absolute atomic E-state index is 0.228. The van der Waals surface area contributed by atoms with Crippen LogP contribution in [0.4, 0.5) is 0 Å². The molecule has 0 radical (unpaired) electrons. The zero-order chi connectivity index (χ0) is 13.0. The fraction of sp³-hybridized carbons (Fsp3) is 0.200. The van der Waals surface area contributed by atoms with Crippen molar-refractivity contribution in [2.24, 2.45) is 5.73 Å². The second-order valence-electron chi connectivity index (χ2n) is 3.26. The number of benzene rings is 1. The van der Waals surface area contributed by atoms with Crippen molar-refractivity contribution in [3.05, 3.63) is 33.3 Å². The lowest BCUT2D eigenvalue weighted by molar-refractivity contribution is -0.125. The van der Waals surface area contributed by atoms with Crippen LogP contribution in [0, 0.1) is 0 Å². The summed E-state index contributed by atoms with van der Waals surface area (Å²) < 4.78 is 0.585. The van der Waals surface area contributed by atoms with Crippen molar-refractivity contribution in [2.45, 2.75) is 6.10 Å². The number of carbonyl (C=O) groups is 2. The van der Waals surface area contributed by atoms with E-state index in [0.29, 0.717) is 15.1 Å². The van der Waals surface area contributed by atoms with Gasteiger partial charge in [-0.05, 0) is 34.1 Å². The van der Waals surface area contributed by atoms with E-state index in [9.17, 15) is 9.59 Å². The van der Waals surface area contributed by atoms with Gasteiger partial charge in [0.15, 0.2) is 0 Å². The number of rotatable bonds is 4. The fourth-order valence-corrected chi connectivity index (χ4v) is 1.53. The van der Waals surface area contributed by atoms with E-state index in [0.717, 1.165) is 0 Å². The quantitative estimate of drug-likeness (QED) is 0.761. The number of halogens is 2. The van der Waals surface area contributed by atoms with Gasteiger partial charge < -0.3 is 16.2 Å². The Morgan fingerprint density at radius 1 is 1.53 bits per heavy atom. The molecule has 0 saturated carbocycles. The summed E-state index contributed by atoms with van der Waals surface area (Å²) in [5.41, 5.74) is 5.20. The second-order valence-corrected chi connectivity index (χ2v) is 4.52. The van der Waals surface area contributed by atoms with E-state index in [4.69, 9.17) is 22.4 Å². The van der Waals surface area contributed by atoms with Crippen LogP contribution in [0.3, 0.4) is 0 Å². The van der Waals surface area contributed by atoms with Gasteiger partial charge in [-0.15, -0.1) is 0 Å². The van der Waals surface area contributed by atoms with Gasteiger partial charge in [-0.2, -0.15) is 0 Å². The van der Waals surface area contributed by atoms with Crippen LogP contribution in [0.1, 0.15) is 10.4 Å². The molecule has 2 amide bonds. The lowest BCUT2D eigenvalue weighted by Crippen LogP contribution is -2.39. The molecule has 0 aliphatic heterocycles. The van der Waals surface area contributed by atoms with Gasteiger partial charge in [-0.3, -0.25) is 9.59 Å². The Kier molecular flexibility index (Phi) is 4.92. The first-order chi connectivity index (χ1) is 7.91. The maximum Gasteiger partial charge on any atom is 0.251 e. The van der Waals surface area contributed by atoms with Gasteiger partial charge >= 0.3 is 0 Å². The van der Waals surface area contributed by atoms with E-state index in [1.165, 1.54) is 12.1 Å². The molecule has 1 aromatic rings. The van der Waals surface area contributed by atoms with Crippen molar-refractivity contribution >= 4 is 39.3 Å². The molecule has 0 bridgehead atoms. The highest BCUT2D eigenvalue weighted by Gasteiger charge is 2.13. The largest absolute Gasteiger partial charge is 0.381 e. The minimum Gasteiger partial charge on any atom is -0.381 e. The first-order valence-corrected chi connectivity index (χ1v) is 5.79. The van der Waals surface area contributed by atoms with E-state index in [2.05, 4.69) is 21.2 Å². The summed E-state index contributed by atoms with van der Waals surface area (Å²) in [6.07, 6.45) is -1.39. The zero-order valence-corrected chi connectivity index (χ0v) is 11.0. The van der Waals surface area contributed by atoms with Gasteiger partial charge in [0.25, 0.3) is 5.91 Å². The van der Waals surface area contributed by atoms with Crippen molar-refractivity contribution in [1.29, 1.82) is 0 Å². The average Bonchev–Trinajstić information content (AvgIpc) is 2.28. The van der Waals surface area contributed by atoms with E-state index in [1.807, 2.05) is 0 Å². The summed E-state index contributed by atoms with van der Waals surface area (Å²) in [6.45, 7) is -0.228. The summed E-state index contributed by atoms with van der Waals surface area (Å²) in [6, 6.07) is 4.62. The van der Waals surface area contributed by atoms with E-state index in [1.54, 1.807) is 6.07 Å². The van der Waals surface area contributed by atoms with Crippen LogP contribution in [0.25, 0.3) is 0 Å². The molecule has 4 N–H and O–H groups in total. The molecule has 1 unspecified atom stereocenters. The molecule has 1 atom stereocenters. The molecule has 1 aromatic carbocycles. The standard InChI is InChI=1S/C10H10BrClN2O3/c11-6-3-5(1-2-7(6)12)10(17)14-4-8(15)9(13)16/h1-3,8,15H,4H2,(H2,13,16)(H,14,17). The Morgan fingerprint density at radius 3 is 2.71 bits per heavy atom. The van der Waals surface area contributed by atoms with Crippen LogP contribution in [0.5, 0.6) is 0 Å². The molecule has 7 heteroatoms. The number of nitrogens with two attached hydrogens (primary N) is 1. The first kappa shape index (κ1) is 14.0. The Balaban J connectivity index is 2.64. The van der Waals surface area contributed by atoms with Crippen molar-refractivity contribution in [2.75, 3.05) is 6.54 Å². The number of amides is 2. The van der Waals surface area contributed by atoms with Crippen LogP contribution in [-0.4, -0.2) is 29.6 Å². The lowest BCUT2D eigenvalue weighted by Gasteiger charge is -2.08. The Morgan fingerprint density at radius 2 is 2.18 bits per heavy atom. The third-order valence-electron chi connectivity index (χ3n) is 1.97. The highest BCUT2D eigenvalue weighted by Crippen LogP contribution is 2.23. The molecule has 0 saturated heterocycles. The number of primary amides is 1. The highest BCUT2D eigenvalue weighted by atomic mass is 79.9. The van der Waals surface area contributed by atoms with Gasteiger partial charge in [0.2, 0.25) is 5.91 Å². The van der Waals surface area contributed by atoms with Crippen molar-refractivity contribution in [3.8, 4) is 0 Å². The van der Waals surface area contributed by atoms with E-state index in [-0.39, 0.29) is 6.54 Å². The molecule has 17 heavy (non-hydrogen) atoms. The molecular formula is C10H10BrClN2O3. The highest BCUT2D eigenvalue weighted by molar-refractivity contribution is 9.10. The summed E-state index contributed by atoms with van der Waals surface area (Å²) in [5, 5.41) is 12.0. The monoisotopic (exact) mass is 320 g/mol. The Bertz CT molecular complexity index is 453. The zero-order valence-electron chi connectivity index (χ0n) is 8.61. The maximum absolute atomic E-state index is 11.6. The van der Waals surface area contributed by atoms with Crippen LogP contribution in [-0.2, 0) is 4.79 Å². The third-order valence-corrected chi connectivity index (χ3v) is 3.18. The molecule has 92 valence electrons. The second kappa shape index (κ2) is 6.00. The molecular weight excluding hydrogens is 311 g/mol. The molecule has 0 aromatic heterocycles. The number of carbonyl (C=O) groups excluding carboxylic acids is 2. The van der Waals surface area contributed by atoms with Gasteiger partial charge in [0, 0.05) is 10.0 Å². The minimum atomic E-state index is -1.39. The van der Waals surface area contributed by atoms with Crippen LogP contribution < -0.4 is 11.1 Å². The smallest absolute Gasteiger partial charge is 0.251 e. The number of hydrogen-bond acceptors (Lipinski definition) is 3. The Hall–Kier alpha value is -1.11. The van der Waals surface area contributed by atoms with Crippen LogP contribution in [0.15, 0.2) is 22.7 Å². The summed E-state index contributed by atoms with van der Waals surface area (Å²) in [5.74, 6) is -1.31. The number of aliphatic hydroxyl groups excluding tert-OH is 1. The summed E-state index contributed by atoms with van der Waals surface area (Å²) >= 11 is 8.96. The molecule has 5 nitrogen and oxygen atoms in total. The Labute approximate surface area is 111 Å². The lowest BCUT2D eigenvalue weighted by atomic mass is 10.2. The molecule has 0 heterocycles. The van der Waals surface area contributed by atoms with Gasteiger partial charge in [0.1, 0.15) is 6.10 Å². The van der Waals surface area contributed by atoms with Crippen LogP contribution in [0.2, 0.25) is 5.02 Å². The summed E-state index contributed by atoms with van der Waals surface area (Å²) in [7, 11) is 0. The number of nitrogens with one attached hydrogen (secondary N) is 1. The molecule has 1 rings (SSSR count). The fourth-order valence-electron chi connectivity index (χ4n) is 1.03. The molecule has 0 spiro atoms. The maximum atomic E-state index is 11.6. The third kappa shape index (κ3) is 3.99. The topological polar surface area (TPSA) is 92.4 Å². The normalized spacial score (nSPS) is 11.9. The van der Waals surface area contributed by atoms with Gasteiger partial charge in [-0.25, -0.2) is 0 Å². The SMILES string of the molecule is NC(=O)C(O)CNC(=O)c1ccc(Cl)c(Br)c1. The molecule has 0 fully saturated rings. The summed E-state index contributed by atoms with van der Waals surface area (Å²) in [4.78, 5) is 22.1.